The molecule has 0 fully saturated rings. The van der Waals surface area contributed by atoms with E-state index in [4.69, 9.17) is 9.47 Å². The van der Waals surface area contributed by atoms with Gasteiger partial charge in [0, 0.05) is 0 Å². The normalized spacial score (nSPS) is 12.2. The third-order valence-electron chi connectivity index (χ3n) is 2.56. The highest BCUT2D eigenvalue weighted by molar-refractivity contribution is 5.99. The van der Waals surface area contributed by atoms with E-state index >= 15 is 0 Å². The summed E-state index contributed by atoms with van der Waals surface area (Å²) in [4.78, 5) is 12.0. The lowest BCUT2D eigenvalue weighted by atomic mass is 10.1. The molecule has 1 aromatic rings. The Bertz CT molecular complexity index is 360. The van der Waals surface area contributed by atoms with Crippen LogP contribution in [0.25, 0.3) is 0 Å². The minimum Gasteiger partial charge on any atom is -0.493 e. The van der Waals surface area contributed by atoms with Gasteiger partial charge in [0.05, 0.1) is 18.3 Å². The van der Waals surface area contributed by atoms with Crippen molar-refractivity contribution in [3.63, 3.8) is 0 Å². The number of hydrogen-bond donors (Lipinski definition) is 0. The maximum Gasteiger partial charge on any atom is 0.192 e. The maximum absolute atomic E-state index is 12.0. The zero-order valence-electron chi connectivity index (χ0n) is 10.7. The first-order valence-corrected chi connectivity index (χ1v) is 6.05. The molecule has 0 aromatic heterocycles. The van der Waals surface area contributed by atoms with E-state index in [1.165, 1.54) is 0 Å². The van der Waals surface area contributed by atoms with Crippen LogP contribution in [0.4, 0.5) is 0 Å². The van der Waals surface area contributed by atoms with Gasteiger partial charge in [0.1, 0.15) is 12.4 Å². The van der Waals surface area contributed by atoms with Crippen molar-refractivity contribution in [3.05, 3.63) is 29.8 Å². The number of para-hydroxylation sites is 1. The molecular formula is C14H20O3. The van der Waals surface area contributed by atoms with E-state index in [1.54, 1.807) is 12.1 Å². The summed E-state index contributed by atoms with van der Waals surface area (Å²) in [5.41, 5.74) is 0.595. The summed E-state index contributed by atoms with van der Waals surface area (Å²) in [6.45, 7) is 6.55. The fourth-order valence-corrected chi connectivity index (χ4v) is 1.39. The number of carbonyl (C=O) groups is 1. The predicted octanol–water partition coefficient (Wildman–Crippen LogP) is 3.08. The molecule has 0 heterocycles. The summed E-state index contributed by atoms with van der Waals surface area (Å²) in [7, 11) is 0. The van der Waals surface area contributed by atoms with Crippen LogP contribution in [0, 0.1) is 0 Å². The number of rotatable bonds is 7. The number of Topliss-reactive ketones (excluding diaryl/α,β-unsaturated/α-hetero) is 1. The van der Waals surface area contributed by atoms with Gasteiger partial charge in [0.2, 0.25) is 0 Å². The lowest BCUT2D eigenvalue weighted by molar-refractivity contribution is 0.0509. The molecule has 1 aromatic carbocycles. The SMILES string of the molecule is CCOc1ccccc1C(=O)COC(C)CC. The molecule has 0 saturated heterocycles. The van der Waals surface area contributed by atoms with Crippen LogP contribution in [0.3, 0.4) is 0 Å². The second-order valence-corrected chi connectivity index (χ2v) is 3.88. The Morgan fingerprint density at radius 2 is 2.00 bits per heavy atom. The number of benzene rings is 1. The van der Waals surface area contributed by atoms with E-state index < -0.39 is 0 Å². The smallest absolute Gasteiger partial charge is 0.192 e. The number of ketones is 1. The summed E-state index contributed by atoms with van der Waals surface area (Å²) >= 11 is 0. The van der Waals surface area contributed by atoms with Gasteiger partial charge in [0.25, 0.3) is 0 Å². The molecule has 1 atom stereocenters. The molecule has 0 aliphatic heterocycles. The molecule has 0 amide bonds. The molecule has 1 rings (SSSR count). The van der Waals surface area contributed by atoms with Gasteiger partial charge in [0.15, 0.2) is 5.78 Å². The average molecular weight is 236 g/mol. The van der Waals surface area contributed by atoms with E-state index in [9.17, 15) is 4.79 Å². The molecular weight excluding hydrogens is 216 g/mol. The molecule has 94 valence electrons. The third kappa shape index (κ3) is 4.19. The zero-order valence-corrected chi connectivity index (χ0v) is 10.7. The van der Waals surface area contributed by atoms with E-state index in [1.807, 2.05) is 32.9 Å². The van der Waals surface area contributed by atoms with E-state index in [-0.39, 0.29) is 18.5 Å². The van der Waals surface area contributed by atoms with Crippen LogP contribution in [-0.4, -0.2) is 25.1 Å². The van der Waals surface area contributed by atoms with Crippen molar-refractivity contribution < 1.29 is 14.3 Å². The summed E-state index contributed by atoms with van der Waals surface area (Å²) < 4.78 is 10.9. The van der Waals surface area contributed by atoms with Gasteiger partial charge in [-0.3, -0.25) is 4.79 Å². The Balaban J connectivity index is 2.67. The molecule has 3 heteroatoms. The van der Waals surface area contributed by atoms with Crippen molar-refractivity contribution in [2.24, 2.45) is 0 Å². The van der Waals surface area contributed by atoms with Crippen molar-refractivity contribution >= 4 is 5.78 Å². The lowest BCUT2D eigenvalue weighted by Crippen LogP contribution is -2.16. The first-order chi connectivity index (χ1) is 8.19. The first-order valence-electron chi connectivity index (χ1n) is 6.05. The molecule has 0 aliphatic carbocycles. The van der Waals surface area contributed by atoms with Crippen molar-refractivity contribution in [1.82, 2.24) is 0 Å². The average Bonchev–Trinajstić information content (AvgIpc) is 2.36. The van der Waals surface area contributed by atoms with Crippen molar-refractivity contribution in [2.45, 2.75) is 33.3 Å². The van der Waals surface area contributed by atoms with Crippen LogP contribution < -0.4 is 4.74 Å². The Hall–Kier alpha value is -1.35. The number of carbonyl (C=O) groups excluding carboxylic acids is 1. The lowest BCUT2D eigenvalue weighted by Gasteiger charge is -2.12. The van der Waals surface area contributed by atoms with Crippen LogP contribution in [0.1, 0.15) is 37.6 Å². The standard InChI is InChI=1S/C14H20O3/c1-4-11(3)17-10-13(15)12-8-6-7-9-14(12)16-5-2/h6-9,11H,4-5,10H2,1-3H3. The molecule has 3 nitrogen and oxygen atoms in total. The quantitative estimate of drug-likeness (QED) is 0.682. The second kappa shape index (κ2) is 7.07. The predicted molar refractivity (Wildman–Crippen MR) is 67.6 cm³/mol. The third-order valence-corrected chi connectivity index (χ3v) is 2.56. The Morgan fingerprint density at radius 3 is 2.65 bits per heavy atom. The van der Waals surface area contributed by atoms with Crippen molar-refractivity contribution in [1.29, 1.82) is 0 Å². The minimum absolute atomic E-state index is 0.0330. The van der Waals surface area contributed by atoms with Crippen LogP contribution in [0.5, 0.6) is 5.75 Å². The molecule has 0 N–H and O–H groups in total. The fourth-order valence-electron chi connectivity index (χ4n) is 1.39. The van der Waals surface area contributed by atoms with Crippen LogP contribution in [0.2, 0.25) is 0 Å². The molecule has 1 unspecified atom stereocenters. The highest BCUT2D eigenvalue weighted by Crippen LogP contribution is 2.18. The fraction of sp³-hybridized carbons (Fsp3) is 0.500. The van der Waals surface area contributed by atoms with Gasteiger partial charge in [-0.2, -0.15) is 0 Å². The van der Waals surface area contributed by atoms with Gasteiger partial charge in [-0.05, 0) is 32.4 Å². The molecule has 0 spiro atoms. The Kier molecular flexibility index (Phi) is 5.70. The van der Waals surface area contributed by atoms with Gasteiger partial charge in [-0.25, -0.2) is 0 Å². The zero-order chi connectivity index (χ0) is 12.7. The van der Waals surface area contributed by atoms with Gasteiger partial charge in [-0.1, -0.05) is 19.1 Å². The van der Waals surface area contributed by atoms with Gasteiger partial charge < -0.3 is 9.47 Å². The summed E-state index contributed by atoms with van der Waals surface area (Å²) in [6, 6.07) is 7.27. The van der Waals surface area contributed by atoms with E-state index in [0.29, 0.717) is 17.9 Å². The molecule has 17 heavy (non-hydrogen) atoms. The van der Waals surface area contributed by atoms with Crippen LogP contribution >= 0.6 is 0 Å². The maximum atomic E-state index is 12.0. The molecule has 0 aliphatic rings. The van der Waals surface area contributed by atoms with Crippen LogP contribution in [-0.2, 0) is 4.74 Å². The molecule has 0 saturated carbocycles. The summed E-state index contributed by atoms with van der Waals surface area (Å²) in [5, 5.41) is 0. The topological polar surface area (TPSA) is 35.5 Å². The number of ether oxygens (including phenoxy) is 2. The first kappa shape index (κ1) is 13.7. The van der Waals surface area contributed by atoms with E-state index in [2.05, 4.69) is 0 Å². The minimum atomic E-state index is -0.0330. The summed E-state index contributed by atoms with van der Waals surface area (Å²) in [5.74, 6) is 0.599. The van der Waals surface area contributed by atoms with E-state index in [0.717, 1.165) is 6.42 Å². The number of hydrogen-bond acceptors (Lipinski definition) is 3. The Labute approximate surface area is 103 Å². The highest BCUT2D eigenvalue weighted by Gasteiger charge is 2.12. The van der Waals surface area contributed by atoms with Gasteiger partial charge >= 0.3 is 0 Å². The highest BCUT2D eigenvalue weighted by atomic mass is 16.5. The van der Waals surface area contributed by atoms with Crippen LogP contribution in [0.15, 0.2) is 24.3 Å². The Morgan fingerprint density at radius 1 is 1.29 bits per heavy atom. The second-order valence-electron chi connectivity index (χ2n) is 3.88. The van der Waals surface area contributed by atoms with Gasteiger partial charge in [-0.15, -0.1) is 0 Å². The summed E-state index contributed by atoms with van der Waals surface area (Å²) in [6.07, 6.45) is 1.01. The molecule has 0 bridgehead atoms. The largest absolute Gasteiger partial charge is 0.493 e. The van der Waals surface area contributed by atoms with Crippen molar-refractivity contribution in [2.75, 3.05) is 13.2 Å². The van der Waals surface area contributed by atoms with Crippen molar-refractivity contribution in [3.8, 4) is 5.75 Å². The molecule has 0 radical (unpaired) electrons. The monoisotopic (exact) mass is 236 g/mol.